The number of nitrogens with one attached hydrogen (secondary N) is 3. The van der Waals surface area contributed by atoms with E-state index in [1.54, 1.807) is 25.1 Å². The number of rotatable bonds is 8. The van der Waals surface area contributed by atoms with E-state index in [9.17, 15) is 9.59 Å². The van der Waals surface area contributed by atoms with Crippen molar-refractivity contribution in [2.24, 2.45) is 0 Å². The Hall–Kier alpha value is -3.39. The molecule has 3 aromatic rings. The van der Waals surface area contributed by atoms with Crippen molar-refractivity contribution >= 4 is 39.8 Å². The summed E-state index contributed by atoms with van der Waals surface area (Å²) in [5.74, 6) is 0.295. The molecular formula is C23H26N4O3S. The Labute approximate surface area is 185 Å². The van der Waals surface area contributed by atoms with Crippen molar-refractivity contribution in [2.45, 2.75) is 33.1 Å². The molecule has 0 atom stereocenters. The normalized spacial score (nSPS) is 10.4. The van der Waals surface area contributed by atoms with E-state index in [1.165, 1.54) is 12.7 Å². The van der Waals surface area contributed by atoms with Crippen molar-refractivity contribution < 1.29 is 14.3 Å². The molecule has 3 rings (SSSR count). The Kier molecular flexibility index (Phi) is 7.61. The summed E-state index contributed by atoms with van der Waals surface area (Å²) >= 11 is 1.12. The van der Waals surface area contributed by atoms with Crippen LogP contribution in [0.4, 0.5) is 21.3 Å². The van der Waals surface area contributed by atoms with Gasteiger partial charge in [-0.15, -0.1) is 0 Å². The largest absolute Gasteiger partial charge is 0.495 e. The molecule has 0 spiro atoms. The minimum atomic E-state index is -0.465. The van der Waals surface area contributed by atoms with E-state index in [0.29, 0.717) is 27.1 Å². The van der Waals surface area contributed by atoms with Crippen LogP contribution in [-0.2, 0) is 6.42 Å². The van der Waals surface area contributed by atoms with Crippen LogP contribution in [0.2, 0.25) is 0 Å². The Balaban J connectivity index is 1.62. The van der Waals surface area contributed by atoms with E-state index in [0.717, 1.165) is 36.3 Å². The van der Waals surface area contributed by atoms with Crippen molar-refractivity contribution in [3.05, 3.63) is 64.7 Å². The molecule has 7 nitrogen and oxygen atoms in total. The highest BCUT2D eigenvalue weighted by molar-refractivity contribution is 7.17. The van der Waals surface area contributed by atoms with Crippen LogP contribution in [0.1, 0.15) is 40.7 Å². The van der Waals surface area contributed by atoms with Crippen molar-refractivity contribution in [3.8, 4) is 5.75 Å². The van der Waals surface area contributed by atoms with Gasteiger partial charge in [-0.3, -0.25) is 10.1 Å². The number of benzene rings is 2. The number of aryl methyl sites for hydroxylation is 2. The molecule has 0 fully saturated rings. The minimum absolute atomic E-state index is 0.255. The first-order valence-corrected chi connectivity index (χ1v) is 10.9. The predicted octanol–water partition coefficient (Wildman–Crippen LogP) is 5.70. The topological polar surface area (TPSA) is 92.4 Å². The second kappa shape index (κ2) is 10.6. The summed E-state index contributed by atoms with van der Waals surface area (Å²) < 4.78 is 5.23. The smallest absolute Gasteiger partial charge is 0.325 e. The summed E-state index contributed by atoms with van der Waals surface area (Å²) in [5.41, 5.74) is 3.06. The average molecular weight is 439 g/mol. The van der Waals surface area contributed by atoms with Gasteiger partial charge in [-0.25, -0.2) is 9.78 Å². The number of hydrogen-bond donors (Lipinski definition) is 3. The van der Waals surface area contributed by atoms with Gasteiger partial charge < -0.3 is 15.4 Å². The maximum atomic E-state index is 12.7. The molecule has 2 aromatic carbocycles. The number of urea groups is 1. The molecule has 0 aliphatic carbocycles. The van der Waals surface area contributed by atoms with Gasteiger partial charge in [0.25, 0.3) is 5.91 Å². The molecule has 0 aliphatic rings. The zero-order valence-electron chi connectivity index (χ0n) is 17.8. The number of hydrogen-bond acceptors (Lipinski definition) is 5. The number of ether oxygens (including phenoxy) is 1. The van der Waals surface area contributed by atoms with E-state index in [4.69, 9.17) is 4.74 Å². The molecule has 0 saturated carbocycles. The van der Waals surface area contributed by atoms with Gasteiger partial charge in [0.15, 0.2) is 5.13 Å². The zero-order valence-corrected chi connectivity index (χ0v) is 18.6. The molecule has 0 unspecified atom stereocenters. The number of thiazole rings is 1. The lowest BCUT2D eigenvalue weighted by Crippen LogP contribution is -2.19. The van der Waals surface area contributed by atoms with Crippen LogP contribution in [0.5, 0.6) is 5.75 Å². The van der Waals surface area contributed by atoms with Gasteiger partial charge in [-0.1, -0.05) is 48.9 Å². The third-order valence-electron chi connectivity index (χ3n) is 4.61. The Morgan fingerprint density at radius 2 is 1.77 bits per heavy atom. The van der Waals surface area contributed by atoms with Gasteiger partial charge in [0.1, 0.15) is 10.6 Å². The van der Waals surface area contributed by atoms with E-state index in [-0.39, 0.29) is 5.91 Å². The number of anilines is 3. The molecule has 1 aromatic heterocycles. The van der Waals surface area contributed by atoms with Crippen molar-refractivity contribution in [1.29, 1.82) is 0 Å². The molecule has 0 saturated heterocycles. The third kappa shape index (κ3) is 6.05. The molecule has 0 radical (unpaired) electrons. The number of amides is 3. The molecule has 8 heteroatoms. The van der Waals surface area contributed by atoms with Crippen LogP contribution in [-0.4, -0.2) is 24.0 Å². The fourth-order valence-electron chi connectivity index (χ4n) is 2.98. The predicted molar refractivity (Wildman–Crippen MR) is 125 cm³/mol. The number of methoxy groups -OCH3 is 1. The van der Waals surface area contributed by atoms with Crippen LogP contribution < -0.4 is 20.7 Å². The lowest BCUT2D eigenvalue weighted by atomic mass is 10.1. The molecule has 0 bridgehead atoms. The first-order chi connectivity index (χ1) is 15.0. The third-order valence-corrected chi connectivity index (χ3v) is 5.68. The lowest BCUT2D eigenvalue weighted by Gasteiger charge is -2.09. The maximum absolute atomic E-state index is 12.7. The van der Waals surface area contributed by atoms with Gasteiger partial charge in [-0.2, -0.15) is 0 Å². The highest BCUT2D eigenvalue weighted by atomic mass is 32.1. The molecular weight excluding hydrogens is 412 g/mol. The Morgan fingerprint density at radius 3 is 2.48 bits per heavy atom. The fourth-order valence-corrected chi connectivity index (χ4v) is 3.84. The van der Waals surface area contributed by atoms with Crippen molar-refractivity contribution in [1.82, 2.24) is 4.98 Å². The molecule has 3 N–H and O–H groups in total. The Bertz CT molecular complexity index is 1050. The van der Waals surface area contributed by atoms with Crippen LogP contribution >= 0.6 is 11.3 Å². The average Bonchev–Trinajstić information content (AvgIpc) is 3.13. The van der Waals surface area contributed by atoms with Gasteiger partial charge >= 0.3 is 6.03 Å². The number of para-hydroxylation sites is 2. The first kappa shape index (κ1) is 22.3. The SMILES string of the molecule is CCCCc1ccc(NC(=O)c2sc(NC(=O)Nc3ccccc3OC)nc2C)cc1. The molecule has 0 aliphatic heterocycles. The summed E-state index contributed by atoms with van der Waals surface area (Å²) in [5, 5.41) is 8.62. The Morgan fingerprint density at radius 1 is 1.03 bits per heavy atom. The number of aromatic nitrogens is 1. The first-order valence-electron chi connectivity index (χ1n) is 10.1. The number of carbonyl (C=O) groups excluding carboxylic acids is 2. The monoisotopic (exact) mass is 438 g/mol. The van der Waals surface area contributed by atoms with Crippen LogP contribution in [0.3, 0.4) is 0 Å². The molecule has 31 heavy (non-hydrogen) atoms. The van der Waals surface area contributed by atoms with E-state index < -0.39 is 6.03 Å². The fraction of sp³-hybridized carbons (Fsp3) is 0.261. The summed E-state index contributed by atoms with van der Waals surface area (Å²) in [6, 6.07) is 14.5. The van der Waals surface area contributed by atoms with Gasteiger partial charge in [0, 0.05) is 5.69 Å². The zero-order chi connectivity index (χ0) is 22.2. The van der Waals surface area contributed by atoms with Crippen LogP contribution in [0.15, 0.2) is 48.5 Å². The summed E-state index contributed by atoms with van der Waals surface area (Å²) in [7, 11) is 1.53. The molecule has 3 amide bonds. The molecule has 1 heterocycles. The lowest BCUT2D eigenvalue weighted by molar-refractivity contribution is 0.103. The summed E-state index contributed by atoms with van der Waals surface area (Å²) in [6.07, 6.45) is 3.33. The summed E-state index contributed by atoms with van der Waals surface area (Å²) in [4.78, 5) is 29.8. The quantitative estimate of drug-likeness (QED) is 0.421. The highest BCUT2D eigenvalue weighted by Crippen LogP contribution is 2.26. The summed E-state index contributed by atoms with van der Waals surface area (Å²) in [6.45, 7) is 3.90. The number of carbonyl (C=O) groups is 2. The van der Waals surface area contributed by atoms with Gasteiger partial charge in [0.2, 0.25) is 0 Å². The van der Waals surface area contributed by atoms with E-state index >= 15 is 0 Å². The van der Waals surface area contributed by atoms with Gasteiger partial charge in [-0.05, 0) is 49.6 Å². The standard InChI is InChI=1S/C23H26N4O3S/c1-4-5-8-16-11-13-17(14-12-16)25-21(28)20-15(2)24-23(31-20)27-22(29)26-18-9-6-7-10-19(18)30-3/h6-7,9-14H,4-5,8H2,1-3H3,(H,25,28)(H2,24,26,27,29). The second-order valence-corrected chi connectivity index (χ2v) is 7.97. The molecule has 162 valence electrons. The van der Waals surface area contributed by atoms with Crippen molar-refractivity contribution in [2.75, 3.05) is 23.1 Å². The highest BCUT2D eigenvalue weighted by Gasteiger charge is 2.17. The van der Waals surface area contributed by atoms with Crippen LogP contribution in [0, 0.1) is 6.92 Å². The van der Waals surface area contributed by atoms with E-state index in [2.05, 4.69) is 27.9 Å². The maximum Gasteiger partial charge on any atom is 0.325 e. The van der Waals surface area contributed by atoms with Crippen LogP contribution in [0.25, 0.3) is 0 Å². The number of unbranched alkanes of at least 4 members (excludes halogenated alkanes) is 1. The van der Waals surface area contributed by atoms with Crippen molar-refractivity contribution in [3.63, 3.8) is 0 Å². The second-order valence-electron chi connectivity index (χ2n) is 6.97. The van der Waals surface area contributed by atoms with Gasteiger partial charge in [0.05, 0.1) is 18.5 Å². The minimum Gasteiger partial charge on any atom is -0.495 e. The number of nitrogens with zero attached hydrogens (tertiary/aromatic N) is 1. The van der Waals surface area contributed by atoms with E-state index in [1.807, 2.05) is 30.3 Å².